The first-order valence-electron chi connectivity index (χ1n) is 9.61. The molecule has 3 rings (SSSR count). The molecule has 0 aliphatic carbocycles. The molecule has 29 heavy (non-hydrogen) atoms. The lowest BCUT2D eigenvalue weighted by Crippen LogP contribution is -2.46. The zero-order valence-corrected chi connectivity index (χ0v) is 17.9. The Bertz CT molecular complexity index is 873. The maximum Gasteiger partial charge on any atom is 0.255 e. The van der Waals surface area contributed by atoms with E-state index in [0.717, 1.165) is 22.9 Å². The fraction of sp³-hybridized carbons (Fsp3) is 0.318. The molecule has 1 heterocycles. The molecule has 3 amide bonds. The Morgan fingerprint density at radius 1 is 1.00 bits per heavy atom. The molecule has 1 fully saturated rings. The van der Waals surface area contributed by atoms with Crippen molar-refractivity contribution in [2.75, 3.05) is 18.4 Å². The molecule has 2 aromatic rings. The van der Waals surface area contributed by atoms with Gasteiger partial charge >= 0.3 is 0 Å². The average molecular weight is 458 g/mol. The summed E-state index contributed by atoms with van der Waals surface area (Å²) >= 11 is 3.35. The molecule has 1 saturated heterocycles. The number of halogens is 1. The van der Waals surface area contributed by atoms with Crippen molar-refractivity contribution in [3.05, 3.63) is 64.1 Å². The van der Waals surface area contributed by atoms with Crippen molar-refractivity contribution in [3.8, 4) is 0 Å². The lowest BCUT2D eigenvalue weighted by molar-refractivity contribution is -0.131. The largest absolute Gasteiger partial charge is 0.353 e. The van der Waals surface area contributed by atoms with Crippen molar-refractivity contribution >= 4 is 39.3 Å². The van der Waals surface area contributed by atoms with Gasteiger partial charge in [0.2, 0.25) is 11.8 Å². The molecular weight excluding hydrogens is 434 g/mol. The predicted octanol–water partition coefficient (Wildman–Crippen LogP) is 3.37. The number of amides is 3. The van der Waals surface area contributed by atoms with Gasteiger partial charge in [-0.1, -0.05) is 28.1 Å². The molecule has 2 N–H and O–H groups in total. The van der Waals surface area contributed by atoms with Crippen LogP contribution in [0.25, 0.3) is 0 Å². The summed E-state index contributed by atoms with van der Waals surface area (Å²) < 4.78 is 0.919. The molecule has 2 aromatic carbocycles. The van der Waals surface area contributed by atoms with Crippen LogP contribution in [0.15, 0.2) is 53.0 Å². The highest BCUT2D eigenvalue weighted by Crippen LogP contribution is 2.16. The molecule has 0 bridgehead atoms. The number of carbonyl (C=O) groups excluding carboxylic acids is 3. The van der Waals surface area contributed by atoms with E-state index in [-0.39, 0.29) is 23.8 Å². The van der Waals surface area contributed by atoms with Crippen LogP contribution >= 0.6 is 15.9 Å². The smallest absolute Gasteiger partial charge is 0.255 e. The highest BCUT2D eigenvalue weighted by molar-refractivity contribution is 9.10. The van der Waals surface area contributed by atoms with E-state index in [1.54, 1.807) is 12.1 Å². The number of hydrogen-bond acceptors (Lipinski definition) is 3. The molecule has 0 saturated carbocycles. The topological polar surface area (TPSA) is 78.5 Å². The molecule has 0 aromatic heterocycles. The Morgan fingerprint density at radius 3 is 2.21 bits per heavy atom. The summed E-state index contributed by atoms with van der Waals surface area (Å²) in [5.41, 5.74) is 2.17. The molecule has 0 atom stereocenters. The van der Waals surface area contributed by atoms with Crippen LogP contribution in [0.1, 0.15) is 35.7 Å². The zero-order chi connectivity index (χ0) is 20.8. The van der Waals surface area contributed by atoms with Crippen molar-refractivity contribution in [2.24, 2.45) is 0 Å². The lowest BCUT2D eigenvalue weighted by Gasteiger charge is -2.32. The van der Waals surface area contributed by atoms with Crippen LogP contribution in [-0.4, -0.2) is 41.8 Å². The van der Waals surface area contributed by atoms with Crippen LogP contribution in [0.2, 0.25) is 0 Å². The summed E-state index contributed by atoms with van der Waals surface area (Å²) in [4.78, 5) is 37.8. The van der Waals surface area contributed by atoms with Crippen LogP contribution in [0.3, 0.4) is 0 Å². The second kappa shape index (κ2) is 9.69. The Balaban J connectivity index is 1.50. The predicted molar refractivity (Wildman–Crippen MR) is 116 cm³/mol. The third-order valence-electron chi connectivity index (χ3n) is 4.93. The standard InChI is InChI=1S/C22H24BrN3O3/c1-15(27)24-20-10-12-26(13-11-20)21(28)14-16-2-8-19(9-3-16)25-22(29)17-4-6-18(23)7-5-17/h2-9,20H,10-14H2,1H3,(H,24,27)(H,25,29). The Labute approximate surface area is 178 Å². The Hall–Kier alpha value is -2.67. The summed E-state index contributed by atoms with van der Waals surface area (Å²) in [5.74, 6) is -0.122. The zero-order valence-electron chi connectivity index (χ0n) is 16.3. The number of anilines is 1. The maximum atomic E-state index is 12.5. The van der Waals surface area contributed by atoms with E-state index in [4.69, 9.17) is 0 Å². The summed E-state index contributed by atoms with van der Waals surface area (Å²) in [6, 6.07) is 14.6. The van der Waals surface area contributed by atoms with Crippen molar-refractivity contribution in [3.63, 3.8) is 0 Å². The van der Waals surface area contributed by atoms with Crippen molar-refractivity contribution in [1.82, 2.24) is 10.2 Å². The summed E-state index contributed by atoms with van der Waals surface area (Å²) in [6.07, 6.45) is 1.89. The van der Waals surface area contributed by atoms with Crippen LogP contribution in [0, 0.1) is 0 Å². The van der Waals surface area contributed by atoms with Crippen molar-refractivity contribution < 1.29 is 14.4 Å². The van der Waals surface area contributed by atoms with E-state index in [9.17, 15) is 14.4 Å². The number of nitrogens with one attached hydrogen (secondary N) is 2. The van der Waals surface area contributed by atoms with Crippen LogP contribution in [0.5, 0.6) is 0 Å². The van der Waals surface area contributed by atoms with Gasteiger partial charge in [-0.05, 0) is 54.8 Å². The SMILES string of the molecule is CC(=O)NC1CCN(C(=O)Cc2ccc(NC(=O)c3ccc(Br)cc3)cc2)CC1. The molecule has 0 unspecified atom stereocenters. The number of piperidine rings is 1. The first-order chi connectivity index (χ1) is 13.9. The third-order valence-corrected chi connectivity index (χ3v) is 5.46. The first-order valence-corrected chi connectivity index (χ1v) is 10.4. The molecule has 0 spiro atoms. The Morgan fingerprint density at radius 2 is 1.62 bits per heavy atom. The highest BCUT2D eigenvalue weighted by Gasteiger charge is 2.23. The number of nitrogens with zero attached hydrogens (tertiary/aromatic N) is 1. The highest BCUT2D eigenvalue weighted by atomic mass is 79.9. The van der Waals surface area contributed by atoms with Gasteiger partial charge in [-0.25, -0.2) is 0 Å². The third kappa shape index (κ3) is 6.15. The molecule has 152 valence electrons. The summed E-state index contributed by atoms with van der Waals surface area (Å²) in [7, 11) is 0. The van der Waals surface area contributed by atoms with Crippen molar-refractivity contribution in [1.29, 1.82) is 0 Å². The second-order valence-corrected chi connectivity index (χ2v) is 8.11. The molecule has 1 aliphatic rings. The minimum Gasteiger partial charge on any atom is -0.353 e. The van der Waals surface area contributed by atoms with Gasteiger partial charge in [0.1, 0.15) is 0 Å². The van der Waals surface area contributed by atoms with Gasteiger partial charge in [0, 0.05) is 41.8 Å². The molecule has 0 radical (unpaired) electrons. The molecular formula is C22H24BrN3O3. The fourth-order valence-electron chi connectivity index (χ4n) is 3.36. The van der Waals surface area contributed by atoms with Crippen LogP contribution < -0.4 is 10.6 Å². The van der Waals surface area contributed by atoms with E-state index >= 15 is 0 Å². The minimum atomic E-state index is -0.177. The molecule has 7 heteroatoms. The van der Waals surface area contributed by atoms with Gasteiger partial charge in [0.05, 0.1) is 6.42 Å². The van der Waals surface area contributed by atoms with E-state index in [1.807, 2.05) is 41.3 Å². The normalized spacial score (nSPS) is 14.3. The van der Waals surface area contributed by atoms with E-state index in [2.05, 4.69) is 26.6 Å². The number of rotatable bonds is 5. The number of carbonyl (C=O) groups is 3. The van der Waals surface area contributed by atoms with Crippen molar-refractivity contribution in [2.45, 2.75) is 32.2 Å². The van der Waals surface area contributed by atoms with Gasteiger partial charge in [-0.3, -0.25) is 14.4 Å². The number of likely N-dealkylation sites (tertiary alicyclic amines) is 1. The first kappa shape index (κ1) is 21.0. The number of hydrogen-bond donors (Lipinski definition) is 2. The maximum absolute atomic E-state index is 12.5. The fourth-order valence-corrected chi connectivity index (χ4v) is 3.62. The van der Waals surface area contributed by atoms with Crippen LogP contribution in [-0.2, 0) is 16.0 Å². The van der Waals surface area contributed by atoms with Gasteiger partial charge in [0.15, 0.2) is 0 Å². The van der Waals surface area contributed by atoms with Gasteiger partial charge < -0.3 is 15.5 Å². The monoisotopic (exact) mass is 457 g/mol. The van der Waals surface area contributed by atoms with Gasteiger partial charge in [-0.2, -0.15) is 0 Å². The quantitative estimate of drug-likeness (QED) is 0.722. The molecule has 1 aliphatic heterocycles. The van der Waals surface area contributed by atoms with Gasteiger partial charge in [0.25, 0.3) is 5.91 Å². The van der Waals surface area contributed by atoms with E-state index < -0.39 is 0 Å². The van der Waals surface area contributed by atoms with Gasteiger partial charge in [-0.15, -0.1) is 0 Å². The second-order valence-electron chi connectivity index (χ2n) is 7.19. The average Bonchev–Trinajstić information content (AvgIpc) is 2.70. The van der Waals surface area contributed by atoms with Crippen LogP contribution in [0.4, 0.5) is 5.69 Å². The summed E-state index contributed by atoms with van der Waals surface area (Å²) in [6.45, 7) is 2.83. The number of benzene rings is 2. The molecule has 6 nitrogen and oxygen atoms in total. The lowest BCUT2D eigenvalue weighted by atomic mass is 10.0. The van der Waals surface area contributed by atoms with E-state index in [0.29, 0.717) is 30.8 Å². The van der Waals surface area contributed by atoms with E-state index in [1.165, 1.54) is 6.92 Å². The Kier molecular flexibility index (Phi) is 7.04. The summed E-state index contributed by atoms with van der Waals surface area (Å²) in [5, 5.41) is 5.77. The minimum absolute atomic E-state index is 0.0258.